The van der Waals surface area contributed by atoms with Gasteiger partial charge < -0.3 is 14.7 Å². The van der Waals surface area contributed by atoms with Crippen molar-refractivity contribution in [2.75, 3.05) is 52.6 Å². The molecule has 3 saturated heterocycles. The van der Waals surface area contributed by atoms with E-state index in [1.54, 1.807) is 28.2 Å². The van der Waals surface area contributed by atoms with Crippen LogP contribution in [0.15, 0.2) is 0 Å². The number of fused-ring (bicyclic) bond motifs is 2. The van der Waals surface area contributed by atoms with E-state index in [-0.39, 0.29) is 35.1 Å². The molecule has 3 fully saturated rings. The first-order valence-electron chi connectivity index (χ1n) is 9.93. The van der Waals surface area contributed by atoms with Gasteiger partial charge in [-0.3, -0.25) is 4.79 Å². The molecule has 9 heteroatoms. The van der Waals surface area contributed by atoms with Crippen LogP contribution in [-0.4, -0.2) is 97.5 Å². The highest BCUT2D eigenvalue weighted by Gasteiger charge is 2.62. The van der Waals surface area contributed by atoms with E-state index in [4.69, 9.17) is 0 Å². The van der Waals surface area contributed by atoms with E-state index < -0.39 is 10.0 Å². The Morgan fingerprint density at radius 1 is 1.19 bits per heavy atom. The topological polar surface area (TPSA) is 81.2 Å². The average molecular weight is 401 g/mol. The minimum absolute atomic E-state index is 0.0571. The maximum Gasteiger partial charge on any atom is 0.319 e. The van der Waals surface area contributed by atoms with Crippen molar-refractivity contribution < 1.29 is 18.0 Å². The van der Waals surface area contributed by atoms with Gasteiger partial charge in [-0.25, -0.2) is 17.5 Å². The van der Waals surface area contributed by atoms with Crippen LogP contribution in [-0.2, 0) is 14.8 Å². The number of nitrogens with zero attached hydrogens (tertiary/aromatic N) is 4. The van der Waals surface area contributed by atoms with E-state index in [1.165, 1.54) is 0 Å². The van der Waals surface area contributed by atoms with Crippen LogP contribution in [0.5, 0.6) is 0 Å². The fourth-order valence-corrected chi connectivity index (χ4v) is 6.82. The number of hydrogen-bond donors (Lipinski definition) is 0. The summed E-state index contributed by atoms with van der Waals surface area (Å²) in [6.45, 7) is 6.45. The van der Waals surface area contributed by atoms with Gasteiger partial charge in [0.05, 0.1) is 17.2 Å². The zero-order valence-electron chi connectivity index (χ0n) is 16.8. The highest BCUT2D eigenvalue weighted by atomic mass is 32.2. The maximum absolute atomic E-state index is 13.1. The van der Waals surface area contributed by atoms with Crippen molar-refractivity contribution in [3.05, 3.63) is 0 Å². The molecule has 3 aliphatic heterocycles. The Morgan fingerprint density at radius 2 is 1.81 bits per heavy atom. The van der Waals surface area contributed by atoms with Gasteiger partial charge in [-0.05, 0) is 26.2 Å². The third-order valence-corrected chi connectivity index (χ3v) is 8.62. The first-order chi connectivity index (χ1) is 12.7. The van der Waals surface area contributed by atoms with Crippen LogP contribution >= 0.6 is 0 Å². The summed E-state index contributed by atoms with van der Waals surface area (Å²) in [5.41, 5.74) is -0.323. The molecule has 1 spiro atoms. The van der Waals surface area contributed by atoms with Crippen molar-refractivity contribution in [1.29, 1.82) is 0 Å². The normalized spacial score (nSPS) is 28.1. The Kier molecular flexibility index (Phi) is 5.46. The molecule has 2 atom stereocenters. The van der Waals surface area contributed by atoms with Gasteiger partial charge >= 0.3 is 6.03 Å². The Balaban J connectivity index is 1.82. The van der Waals surface area contributed by atoms with Gasteiger partial charge in [-0.2, -0.15) is 0 Å². The molecule has 3 amide bonds. The summed E-state index contributed by atoms with van der Waals surface area (Å²) in [4.78, 5) is 30.8. The SMILES string of the molecule is CCCS(=O)(=O)N1CCC2(CC1)[C@@H]1CN(C(=O)N(C)C)C[C@@H]1C(=O)N2CC. The third kappa shape index (κ3) is 3.22. The van der Waals surface area contributed by atoms with Gasteiger partial charge in [-0.1, -0.05) is 6.92 Å². The summed E-state index contributed by atoms with van der Waals surface area (Å²) >= 11 is 0. The lowest BCUT2D eigenvalue weighted by molar-refractivity contribution is -0.134. The molecule has 0 bridgehead atoms. The van der Waals surface area contributed by atoms with Crippen molar-refractivity contribution in [3.63, 3.8) is 0 Å². The number of urea groups is 1. The molecule has 3 heterocycles. The van der Waals surface area contributed by atoms with Gasteiger partial charge in [0.1, 0.15) is 0 Å². The van der Waals surface area contributed by atoms with E-state index in [2.05, 4.69) is 0 Å². The molecule has 0 aromatic rings. The average Bonchev–Trinajstić information content (AvgIpc) is 3.14. The second-order valence-electron chi connectivity index (χ2n) is 8.20. The molecule has 0 N–H and O–H groups in total. The largest absolute Gasteiger partial charge is 0.337 e. The zero-order valence-corrected chi connectivity index (χ0v) is 17.7. The molecule has 3 rings (SSSR count). The predicted molar refractivity (Wildman–Crippen MR) is 103 cm³/mol. The van der Waals surface area contributed by atoms with Gasteiger partial charge in [0.2, 0.25) is 15.9 Å². The van der Waals surface area contributed by atoms with Crippen LogP contribution in [0, 0.1) is 11.8 Å². The van der Waals surface area contributed by atoms with Crippen LogP contribution in [0.4, 0.5) is 4.79 Å². The third-order valence-electron chi connectivity index (χ3n) is 6.54. The highest BCUT2D eigenvalue weighted by molar-refractivity contribution is 7.89. The second kappa shape index (κ2) is 7.24. The Bertz CT molecular complexity index is 700. The van der Waals surface area contributed by atoms with Crippen LogP contribution in [0.3, 0.4) is 0 Å². The number of carbonyl (C=O) groups is 2. The zero-order chi connectivity index (χ0) is 20.0. The van der Waals surface area contributed by atoms with Crippen molar-refractivity contribution in [2.45, 2.75) is 38.6 Å². The number of likely N-dealkylation sites (tertiary alicyclic amines) is 2. The first-order valence-corrected chi connectivity index (χ1v) is 11.5. The van der Waals surface area contributed by atoms with Gasteiger partial charge in [0, 0.05) is 52.7 Å². The summed E-state index contributed by atoms with van der Waals surface area (Å²) in [5, 5.41) is 0. The van der Waals surface area contributed by atoms with E-state index >= 15 is 0 Å². The minimum atomic E-state index is -3.22. The Morgan fingerprint density at radius 3 is 2.33 bits per heavy atom. The van der Waals surface area contributed by atoms with Crippen molar-refractivity contribution in [3.8, 4) is 0 Å². The molecule has 0 aromatic carbocycles. The van der Waals surface area contributed by atoms with E-state index in [0.717, 1.165) is 0 Å². The van der Waals surface area contributed by atoms with Gasteiger partial charge in [0.15, 0.2) is 0 Å². The quantitative estimate of drug-likeness (QED) is 0.694. The monoisotopic (exact) mass is 400 g/mol. The lowest BCUT2D eigenvalue weighted by Crippen LogP contribution is -2.58. The standard InChI is InChI=1S/C18H32N4O4S/c1-5-11-27(25,26)21-9-7-18(8-10-21)15-13-20(17(24)19(3)4)12-14(15)16(23)22(18)6-2/h14-15H,5-13H2,1-4H3/t14-,15+/m0/s1. The Labute approximate surface area is 162 Å². The summed E-state index contributed by atoms with van der Waals surface area (Å²) in [5.74, 6) is 0.229. The molecule has 0 radical (unpaired) electrons. The Hall–Kier alpha value is -1.35. The van der Waals surface area contributed by atoms with Crippen molar-refractivity contribution >= 4 is 22.0 Å². The summed E-state index contributed by atoms with van der Waals surface area (Å²) < 4.78 is 26.5. The molecule has 8 nitrogen and oxygen atoms in total. The fraction of sp³-hybridized carbons (Fsp3) is 0.889. The fourth-order valence-electron chi connectivity index (χ4n) is 5.31. The summed E-state index contributed by atoms with van der Waals surface area (Å²) in [7, 11) is 0.235. The smallest absolute Gasteiger partial charge is 0.319 e. The number of sulfonamides is 1. The molecular weight excluding hydrogens is 368 g/mol. The number of rotatable bonds is 4. The predicted octanol–water partition coefficient (Wildman–Crippen LogP) is 0.653. The lowest BCUT2D eigenvalue weighted by atomic mass is 9.75. The van der Waals surface area contributed by atoms with Crippen molar-refractivity contribution in [2.24, 2.45) is 11.8 Å². The van der Waals surface area contributed by atoms with E-state index in [9.17, 15) is 18.0 Å². The molecular formula is C18H32N4O4S. The molecule has 0 unspecified atom stereocenters. The van der Waals surface area contributed by atoms with Gasteiger partial charge in [0.25, 0.3) is 0 Å². The highest BCUT2D eigenvalue weighted by Crippen LogP contribution is 2.49. The van der Waals surface area contributed by atoms with Crippen molar-refractivity contribution in [1.82, 2.24) is 19.0 Å². The van der Waals surface area contributed by atoms with Gasteiger partial charge in [-0.15, -0.1) is 0 Å². The van der Waals surface area contributed by atoms with Crippen LogP contribution < -0.4 is 0 Å². The summed E-state index contributed by atoms with van der Waals surface area (Å²) in [6.07, 6.45) is 1.91. The maximum atomic E-state index is 13.1. The molecule has 3 aliphatic rings. The molecule has 27 heavy (non-hydrogen) atoms. The number of carbonyl (C=O) groups excluding carboxylic acids is 2. The lowest BCUT2D eigenvalue weighted by Gasteiger charge is -2.47. The van der Waals surface area contributed by atoms with Crippen LogP contribution in [0.2, 0.25) is 0 Å². The molecule has 0 saturated carbocycles. The van der Waals surface area contributed by atoms with Crippen LogP contribution in [0.25, 0.3) is 0 Å². The molecule has 0 aromatic heterocycles. The first kappa shape index (κ1) is 20.4. The number of amides is 3. The number of piperidine rings is 1. The van der Waals surface area contributed by atoms with E-state index in [0.29, 0.717) is 52.0 Å². The van der Waals surface area contributed by atoms with E-state index in [1.807, 2.05) is 18.7 Å². The summed E-state index contributed by atoms with van der Waals surface area (Å²) in [6, 6.07) is -0.0571. The molecule has 154 valence electrons. The van der Waals surface area contributed by atoms with Crippen LogP contribution in [0.1, 0.15) is 33.1 Å². The number of hydrogen-bond acceptors (Lipinski definition) is 4. The molecule has 0 aliphatic carbocycles. The second-order valence-corrected chi connectivity index (χ2v) is 10.3. The minimum Gasteiger partial charge on any atom is -0.337 e.